The van der Waals surface area contributed by atoms with Crippen LogP contribution >= 0.6 is 0 Å². The van der Waals surface area contributed by atoms with E-state index in [-0.39, 0.29) is 5.69 Å². The van der Waals surface area contributed by atoms with Gasteiger partial charge in [0, 0.05) is 19.0 Å². The molecule has 1 saturated carbocycles. The molecule has 2 rings (SSSR count). The summed E-state index contributed by atoms with van der Waals surface area (Å²) in [6.45, 7) is 0. The maximum atomic E-state index is 10.7. The fourth-order valence-electron chi connectivity index (χ4n) is 1.23. The zero-order valence-corrected chi connectivity index (χ0v) is 7.82. The third-order valence-electron chi connectivity index (χ3n) is 2.16. The molecule has 5 heteroatoms. The quantitative estimate of drug-likeness (QED) is 0.751. The first kappa shape index (κ1) is 8.93. The standard InChI is InChI=1S/C9H11N3O2/c1-10-7-4-6(9(13)14)11-8(12-7)5-2-3-5/h4-5H,2-3H2,1H3,(H,13,14)(H,10,11,12). The molecule has 1 aliphatic carbocycles. The average molecular weight is 193 g/mol. The van der Waals surface area contributed by atoms with E-state index >= 15 is 0 Å². The van der Waals surface area contributed by atoms with E-state index in [0.717, 1.165) is 12.8 Å². The van der Waals surface area contributed by atoms with Crippen LogP contribution < -0.4 is 5.32 Å². The second-order valence-corrected chi connectivity index (χ2v) is 3.33. The summed E-state index contributed by atoms with van der Waals surface area (Å²) in [4.78, 5) is 18.9. The number of carboxylic acids is 1. The van der Waals surface area contributed by atoms with E-state index < -0.39 is 5.97 Å². The number of rotatable bonds is 3. The third-order valence-corrected chi connectivity index (χ3v) is 2.16. The predicted molar refractivity (Wildman–Crippen MR) is 50.5 cm³/mol. The molecule has 0 aliphatic heterocycles. The summed E-state index contributed by atoms with van der Waals surface area (Å²) in [5, 5.41) is 11.6. The molecule has 2 N–H and O–H groups in total. The largest absolute Gasteiger partial charge is 0.477 e. The Balaban J connectivity index is 2.40. The molecule has 1 heterocycles. The molecule has 0 amide bonds. The maximum Gasteiger partial charge on any atom is 0.354 e. The third kappa shape index (κ3) is 1.66. The molecule has 74 valence electrons. The summed E-state index contributed by atoms with van der Waals surface area (Å²) in [7, 11) is 1.71. The number of carbonyl (C=O) groups is 1. The fraction of sp³-hybridized carbons (Fsp3) is 0.444. The summed E-state index contributed by atoms with van der Waals surface area (Å²) in [6, 6.07) is 1.44. The fourth-order valence-corrected chi connectivity index (χ4v) is 1.23. The Morgan fingerprint density at radius 2 is 2.29 bits per heavy atom. The minimum atomic E-state index is -1.01. The number of nitrogens with one attached hydrogen (secondary N) is 1. The lowest BCUT2D eigenvalue weighted by Gasteiger charge is -2.03. The van der Waals surface area contributed by atoms with Crippen LogP contribution in [0.3, 0.4) is 0 Å². The molecule has 1 aromatic rings. The van der Waals surface area contributed by atoms with Crippen LogP contribution in [0.4, 0.5) is 5.82 Å². The highest BCUT2D eigenvalue weighted by Crippen LogP contribution is 2.38. The first-order chi connectivity index (χ1) is 6.70. The normalized spacial score (nSPS) is 15.2. The van der Waals surface area contributed by atoms with Gasteiger partial charge in [-0.05, 0) is 12.8 Å². The zero-order chi connectivity index (χ0) is 10.1. The minimum Gasteiger partial charge on any atom is -0.477 e. The van der Waals surface area contributed by atoms with E-state index in [2.05, 4.69) is 15.3 Å². The van der Waals surface area contributed by atoms with Crippen molar-refractivity contribution >= 4 is 11.8 Å². The SMILES string of the molecule is CNc1cc(C(=O)O)nc(C2CC2)n1. The number of hydrogen-bond donors (Lipinski definition) is 2. The molecule has 1 aromatic heterocycles. The van der Waals surface area contributed by atoms with Crippen molar-refractivity contribution in [2.75, 3.05) is 12.4 Å². The Labute approximate surface area is 81.2 Å². The van der Waals surface area contributed by atoms with Gasteiger partial charge in [-0.15, -0.1) is 0 Å². The van der Waals surface area contributed by atoms with Crippen LogP contribution in [0.25, 0.3) is 0 Å². The number of aromatic nitrogens is 2. The van der Waals surface area contributed by atoms with Gasteiger partial charge in [0.15, 0.2) is 5.69 Å². The smallest absolute Gasteiger partial charge is 0.354 e. The van der Waals surface area contributed by atoms with Crippen LogP contribution in [-0.2, 0) is 0 Å². The van der Waals surface area contributed by atoms with Crippen LogP contribution in [0.15, 0.2) is 6.07 Å². The van der Waals surface area contributed by atoms with Crippen molar-refractivity contribution in [2.45, 2.75) is 18.8 Å². The number of hydrogen-bond acceptors (Lipinski definition) is 4. The van der Waals surface area contributed by atoms with Gasteiger partial charge in [-0.25, -0.2) is 14.8 Å². The number of nitrogens with zero attached hydrogens (tertiary/aromatic N) is 2. The van der Waals surface area contributed by atoms with E-state index in [4.69, 9.17) is 5.11 Å². The van der Waals surface area contributed by atoms with Crippen molar-refractivity contribution < 1.29 is 9.90 Å². The van der Waals surface area contributed by atoms with Crippen LogP contribution in [0.1, 0.15) is 35.1 Å². The van der Waals surface area contributed by atoms with Gasteiger partial charge in [0.1, 0.15) is 11.6 Å². The first-order valence-electron chi connectivity index (χ1n) is 4.50. The Bertz CT molecular complexity index is 374. The summed E-state index contributed by atoms with van der Waals surface area (Å²) in [5.74, 6) is 0.570. The van der Waals surface area contributed by atoms with Crippen molar-refractivity contribution in [2.24, 2.45) is 0 Å². The molecule has 0 bridgehead atoms. The van der Waals surface area contributed by atoms with Crippen LogP contribution in [-0.4, -0.2) is 28.1 Å². The van der Waals surface area contributed by atoms with Gasteiger partial charge < -0.3 is 10.4 Å². The predicted octanol–water partition coefficient (Wildman–Crippen LogP) is 1.09. The number of aromatic carboxylic acids is 1. The van der Waals surface area contributed by atoms with Crippen LogP contribution in [0, 0.1) is 0 Å². The van der Waals surface area contributed by atoms with E-state index in [1.807, 2.05) is 0 Å². The van der Waals surface area contributed by atoms with Gasteiger partial charge in [0.25, 0.3) is 0 Å². The summed E-state index contributed by atoms with van der Waals surface area (Å²) in [6.07, 6.45) is 2.12. The second kappa shape index (κ2) is 3.25. The summed E-state index contributed by atoms with van der Waals surface area (Å²) >= 11 is 0. The molecule has 0 unspecified atom stereocenters. The van der Waals surface area contributed by atoms with Crippen molar-refractivity contribution in [3.8, 4) is 0 Å². The van der Waals surface area contributed by atoms with E-state index in [9.17, 15) is 4.79 Å². The van der Waals surface area contributed by atoms with Gasteiger partial charge in [-0.3, -0.25) is 0 Å². The lowest BCUT2D eigenvalue weighted by atomic mass is 10.3. The number of anilines is 1. The zero-order valence-electron chi connectivity index (χ0n) is 7.82. The average Bonchev–Trinajstić information content (AvgIpc) is 3.00. The van der Waals surface area contributed by atoms with Crippen molar-refractivity contribution in [3.63, 3.8) is 0 Å². The molecule has 5 nitrogen and oxygen atoms in total. The molecule has 0 radical (unpaired) electrons. The molecule has 0 saturated heterocycles. The Hall–Kier alpha value is -1.65. The van der Waals surface area contributed by atoms with E-state index in [1.165, 1.54) is 6.07 Å². The molecule has 0 spiro atoms. The van der Waals surface area contributed by atoms with Crippen molar-refractivity contribution in [1.29, 1.82) is 0 Å². The monoisotopic (exact) mass is 193 g/mol. The summed E-state index contributed by atoms with van der Waals surface area (Å²) < 4.78 is 0. The van der Waals surface area contributed by atoms with Gasteiger partial charge in [-0.1, -0.05) is 0 Å². The maximum absolute atomic E-state index is 10.7. The van der Waals surface area contributed by atoms with E-state index in [0.29, 0.717) is 17.6 Å². The highest BCUT2D eigenvalue weighted by atomic mass is 16.4. The Morgan fingerprint density at radius 1 is 1.57 bits per heavy atom. The Kier molecular flexibility index (Phi) is 2.07. The topological polar surface area (TPSA) is 75.1 Å². The Morgan fingerprint density at radius 3 is 2.79 bits per heavy atom. The molecule has 0 aromatic carbocycles. The molecule has 1 fully saturated rings. The summed E-state index contributed by atoms with van der Waals surface area (Å²) in [5.41, 5.74) is 0.0613. The lowest BCUT2D eigenvalue weighted by Crippen LogP contribution is -2.07. The minimum absolute atomic E-state index is 0.0613. The van der Waals surface area contributed by atoms with Gasteiger partial charge >= 0.3 is 5.97 Å². The second-order valence-electron chi connectivity index (χ2n) is 3.33. The molecule has 14 heavy (non-hydrogen) atoms. The van der Waals surface area contributed by atoms with Crippen molar-refractivity contribution in [3.05, 3.63) is 17.6 Å². The highest BCUT2D eigenvalue weighted by molar-refractivity contribution is 5.86. The lowest BCUT2D eigenvalue weighted by molar-refractivity contribution is 0.0690. The van der Waals surface area contributed by atoms with Gasteiger partial charge in [-0.2, -0.15) is 0 Å². The van der Waals surface area contributed by atoms with Gasteiger partial charge in [0.2, 0.25) is 0 Å². The molecular weight excluding hydrogens is 182 g/mol. The molecule has 0 atom stereocenters. The van der Waals surface area contributed by atoms with Crippen LogP contribution in [0.5, 0.6) is 0 Å². The number of carboxylic acid groups (broad SMARTS) is 1. The van der Waals surface area contributed by atoms with E-state index in [1.54, 1.807) is 7.05 Å². The molecule has 1 aliphatic rings. The molecular formula is C9H11N3O2. The van der Waals surface area contributed by atoms with Gasteiger partial charge in [0.05, 0.1) is 0 Å². The van der Waals surface area contributed by atoms with Crippen LogP contribution in [0.2, 0.25) is 0 Å². The van der Waals surface area contributed by atoms with Crippen molar-refractivity contribution in [1.82, 2.24) is 9.97 Å². The first-order valence-corrected chi connectivity index (χ1v) is 4.50. The highest BCUT2D eigenvalue weighted by Gasteiger charge is 2.27.